The van der Waals surface area contributed by atoms with Crippen LogP contribution in [-0.4, -0.2) is 31.1 Å². The molecule has 0 aliphatic rings. The second-order valence-electron chi connectivity index (χ2n) is 6.15. The lowest BCUT2D eigenvalue weighted by atomic mass is 10.0. The second-order valence-corrected chi connectivity index (χ2v) is 7.74. The van der Waals surface area contributed by atoms with Gasteiger partial charge in [-0.15, -0.1) is 0 Å². The molecule has 0 spiro atoms. The molecule has 0 heterocycles. The van der Waals surface area contributed by atoms with Gasteiger partial charge in [-0.25, -0.2) is 9.36 Å². The van der Waals surface area contributed by atoms with Crippen LogP contribution in [0.2, 0.25) is 0 Å². The molecule has 0 unspecified atom stereocenters. The number of ether oxygens (including phenoxy) is 1. The Labute approximate surface area is 148 Å². The molecule has 8 heteroatoms. The molecule has 25 heavy (non-hydrogen) atoms. The third-order valence-electron chi connectivity index (χ3n) is 2.96. The first-order valence-electron chi connectivity index (χ1n) is 7.97. The molecule has 0 N–H and O–H groups in total. The first-order chi connectivity index (χ1) is 11.6. The number of aldehydes is 1. The molecule has 0 atom stereocenters. The molecule has 140 valence electrons. The lowest BCUT2D eigenvalue weighted by Gasteiger charge is -2.22. The molecule has 0 bridgehead atoms. The minimum Gasteiger partial charge on any atom is -0.456 e. The molecule has 0 saturated heterocycles. The van der Waals surface area contributed by atoms with Crippen molar-refractivity contribution in [2.45, 2.75) is 47.1 Å². The average Bonchev–Trinajstić information content (AvgIpc) is 2.47. The van der Waals surface area contributed by atoms with Crippen LogP contribution in [0.15, 0.2) is 12.1 Å². The Bertz CT molecular complexity index is 666. The predicted molar refractivity (Wildman–Crippen MR) is 93.2 cm³/mol. The Morgan fingerprint density at radius 2 is 1.72 bits per heavy atom. The Hall–Kier alpha value is -1.69. The summed E-state index contributed by atoms with van der Waals surface area (Å²) in [6.45, 7) is 10.3. The number of hydrogen-bond donors (Lipinski definition) is 0. The SMILES string of the molecule is CCOP(=O)(OCC)Oc1c(C=O)ccc(C(=O)OC(C)(C)C)c1C. The number of carbonyl (C=O) groups excluding carboxylic acids is 2. The zero-order valence-electron chi connectivity index (χ0n) is 15.5. The van der Waals surface area contributed by atoms with E-state index >= 15 is 0 Å². The Balaban J connectivity index is 3.34. The lowest BCUT2D eigenvalue weighted by Crippen LogP contribution is -2.24. The zero-order chi connectivity index (χ0) is 19.3. The normalized spacial score (nSPS) is 11.9. The van der Waals surface area contributed by atoms with Crippen LogP contribution in [-0.2, 0) is 18.3 Å². The first kappa shape index (κ1) is 21.4. The highest BCUT2D eigenvalue weighted by molar-refractivity contribution is 7.48. The molecule has 7 nitrogen and oxygen atoms in total. The summed E-state index contributed by atoms with van der Waals surface area (Å²) in [7, 11) is -3.91. The average molecular weight is 372 g/mol. The van der Waals surface area contributed by atoms with Gasteiger partial charge in [-0.3, -0.25) is 13.8 Å². The third-order valence-corrected chi connectivity index (χ3v) is 4.51. The highest BCUT2D eigenvalue weighted by Gasteiger charge is 2.31. The van der Waals surface area contributed by atoms with Crippen molar-refractivity contribution in [1.29, 1.82) is 0 Å². The predicted octanol–water partition coefficient (Wildman–Crippen LogP) is 4.32. The number of phosphoric acid groups is 1. The summed E-state index contributed by atoms with van der Waals surface area (Å²) in [5.74, 6) is -0.599. The summed E-state index contributed by atoms with van der Waals surface area (Å²) in [6.07, 6.45) is 0.545. The maximum absolute atomic E-state index is 12.6. The van der Waals surface area contributed by atoms with Crippen LogP contribution in [0.5, 0.6) is 5.75 Å². The van der Waals surface area contributed by atoms with Crippen LogP contribution in [0.4, 0.5) is 0 Å². The summed E-state index contributed by atoms with van der Waals surface area (Å²) >= 11 is 0. The van der Waals surface area contributed by atoms with Gasteiger partial charge in [0.15, 0.2) is 6.29 Å². The Morgan fingerprint density at radius 1 is 1.16 bits per heavy atom. The topological polar surface area (TPSA) is 88.1 Å². The number of hydrogen-bond acceptors (Lipinski definition) is 7. The summed E-state index contributed by atoms with van der Waals surface area (Å²) < 4.78 is 33.6. The molecule has 1 rings (SSSR count). The fraction of sp³-hybridized carbons (Fsp3) is 0.529. The van der Waals surface area contributed by atoms with Gasteiger partial charge >= 0.3 is 13.8 Å². The van der Waals surface area contributed by atoms with Gasteiger partial charge < -0.3 is 9.26 Å². The van der Waals surface area contributed by atoms with E-state index in [0.717, 1.165) is 0 Å². The van der Waals surface area contributed by atoms with Crippen molar-refractivity contribution in [3.63, 3.8) is 0 Å². The molecule has 1 aromatic rings. The largest absolute Gasteiger partial charge is 0.530 e. The van der Waals surface area contributed by atoms with Gasteiger partial charge in [0.25, 0.3) is 0 Å². The van der Waals surface area contributed by atoms with Gasteiger partial charge in [0.1, 0.15) is 11.4 Å². The lowest BCUT2D eigenvalue weighted by molar-refractivity contribution is 0.00679. The van der Waals surface area contributed by atoms with Crippen LogP contribution in [0, 0.1) is 6.92 Å². The van der Waals surface area contributed by atoms with E-state index < -0.39 is 19.4 Å². The van der Waals surface area contributed by atoms with Crippen molar-refractivity contribution in [2.75, 3.05) is 13.2 Å². The van der Waals surface area contributed by atoms with E-state index in [1.165, 1.54) is 12.1 Å². The van der Waals surface area contributed by atoms with Gasteiger partial charge in [0.2, 0.25) is 0 Å². The summed E-state index contributed by atoms with van der Waals surface area (Å²) in [6, 6.07) is 2.86. The monoisotopic (exact) mass is 372 g/mol. The number of esters is 1. The Morgan fingerprint density at radius 3 is 2.16 bits per heavy atom. The van der Waals surface area contributed by atoms with Gasteiger partial charge in [-0.1, -0.05) is 0 Å². The maximum atomic E-state index is 12.6. The summed E-state index contributed by atoms with van der Waals surface area (Å²) in [4.78, 5) is 23.7. The molecular weight excluding hydrogens is 347 g/mol. The Kier molecular flexibility index (Phi) is 7.35. The van der Waals surface area contributed by atoms with Crippen LogP contribution in [0.1, 0.15) is 60.9 Å². The number of rotatable bonds is 8. The molecule has 0 amide bonds. The maximum Gasteiger partial charge on any atom is 0.530 e. The third kappa shape index (κ3) is 5.96. The second kappa shape index (κ2) is 8.61. The van der Waals surface area contributed by atoms with E-state index in [-0.39, 0.29) is 30.1 Å². The van der Waals surface area contributed by atoms with Crippen LogP contribution in [0.3, 0.4) is 0 Å². The molecule has 1 aromatic carbocycles. The smallest absolute Gasteiger partial charge is 0.456 e. The van der Waals surface area contributed by atoms with Crippen molar-refractivity contribution in [2.24, 2.45) is 0 Å². The van der Waals surface area contributed by atoms with E-state index in [4.69, 9.17) is 18.3 Å². The van der Waals surface area contributed by atoms with Crippen molar-refractivity contribution in [3.8, 4) is 5.75 Å². The van der Waals surface area contributed by atoms with Crippen molar-refractivity contribution in [1.82, 2.24) is 0 Å². The number of phosphoric ester groups is 1. The molecular formula is C17H25O7P. The molecule has 0 radical (unpaired) electrons. The number of carbonyl (C=O) groups is 2. The van der Waals surface area contributed by atoms with E-state index in [2.05, 4.69) is 0 Å². The zero-order valence-corrected chi connectivity index (χ0v) is 16.3. The standard InChI is InChI=1S/C17H25O7P/c1-7-21-25(20,22-8-2)24-15-12(3)14(10-9-13(15)11-18)16(19)23-17(4,5)6/h9-11H,7-8H2,1-6H3. The first-order valence-corrected chi connectivity index (χ1v) is 9.43. The molecule has 0 aromatic heterocycles. The van der Waals surface area contributed by atoms with Gasteiger partial charge in [-0.05, 0) is 53.7 Å². The molecule has 0 fully saturated rings. The van der Waals surface area contributed by atoms with Crippen LogP contribution >= 0.6 is 7.82 Å². The van der Waals surface area contributed by atoms with Gasteiger partial charge in [-0.2, -0.15) is 0 Å². The van der Waals surface area contributed by atoms with Crippen LogP contribution < -0.4 is 4.52 Å². The van der Waals surface area contributed by atoms with Crippen molar-refractivity contribution in [3.05, 3.63) is 28.8 Å². The minimum absolute atomic E-state index is 0.0245. The van der Waals surface area contributed by atoms with E-state index in [9.17, 15) is 14.2 Å². The van der Waals surface area contributed by atoms with E-state index in [0.29, 0.717) is 11.8 Å². The fourth-order valence-corrected chi connectivity index (χ4v) is 3.28. The summed E-state index contributed by atoms with van der Waals surface area (Å²) in [5, 5.41) is 0. The van der Waals surface area contributed by atoms with E-state index in [1.807, 2.05) is 0 Å². The van der Waals surface area contributed by atoms with E-state index in [1.54, 1.807) is 41.5 Å². The van der Waals surface area contributed by atoms with Gasteiger partial charge in [0.05, 0.1) is 24.3 Å². The molecule has 0 aliphatic carbocycles. The summed E-state index contributed by atoms with van der Waals surface area (Å²) in [5.41, 5.74) is -0.0298. The minimum atomic E-state index is -3.91. The van der Waals surface area contributed by atoms with Crippen LogP contribution in [0.25, 0.3) is 0 Å². The highest BCUT2D eigenvalue weighted by Crippen LogP contribution is 2.51. The fourth-order valence-electron chi connectivity index (χ4n) is 2.00. The molecule has 0 saturated carbocycles. The number of benzene rings is 1. The van der Waals surface area contributed by atoms with Crippen molar-refractivity contribution < 1.29 is 32.5 Å². The van der Waals surface area contributed by atoms with Gasteiger partial charge in [0, 0.05) is 5.56 Å². The molecule has 0 aliphatic heterocycles. The quantitative estimate of drug-likeness (QED) is 0.381. The highest BCUT2D eigenvalue weighted by atomic mass is 31.2. The van der Waals surface area contributed by atoms with Crippen molar-refractivity contribution >= 4 is 20.1 Å².